The lowest BCUT2D eigenvalue weighted by Crippen LogP contribution is -2.28. The molecule has 0 bridgehead atoms. The summed E-state index contributed by atoms with van der Waals surface area (Å²) in [7, 11) is -3.76. The standard InChI is InChI=1S/C14H16ClN5O2S2/c1-2-9-16-14(23)17-10-3-5-11(6-4-10)24(21,22)20-13-8-7-12(15)18-19-13/h3-8H,2,9H2,1H3,(H,19,20)(H2,16,17,23). The van der Waals surface area contributed by atoms with E-state index in [2.05, 4.69) is 25.6 Å². The Morgan fingerprint density at radius 2 is 1.88 bits per heavy atom. The Hall–Kier alpha value is -1.97. The van der Waals surface area contributed by atoms with Gasteiger partial charge in [0.05, 0.1) is 4.90 Å². The van der Waals surface area contributed by atoms with Gasteiger partial charge in [0.2, 0.25) is 0 Å². The van der Waals surface area contributed by atoms with E-state index in [0.29, 0.717) is 10.8 Å². The molecule has 24 heavy (non-hydrogen) atoms. The van der Waals surface area contributed by atoms with Gasteiger partial charge in [-0.15, -0.1) is 10.2 Å². The molecule has 1 heterocycles. The van der Waals surface area contributed by atoms with Gasteiger partial charge in [0, 0.05) is 12.2 Å². The van der Waals surface area contributed by atoms with Crippen molar-refractivity contribution in [3.63, 3.8) is 0 Å². The molecule has 0 saturated carbocycles. The maximum atomic E-state index is 12.3. The lowest BCUT2D eigenvalue weighted by atomic mass is 10.3. The van der Waals surface area contributed by atoms with Crippen LogP contribution >= 0.6 is 23.8 Å². The molecule has 2 aromatic rings. The highest BCUT2D eigenvalue weighted by molar-refractivity contribution is 7.92. The lowest BCUT2D eigenvalue weighted by Gasteiger charge is -2.11. The first-order valence-electron chi connectivity index (χ1n) is 7.07. The summed E-state index contributed by atoms with van der Waals surface area (Å²) < 4.78 is 26.9. The van der Waals surface area contributed by atoms with Crippen LogP contribution in [0.25, 0.3) is 0 Å². The first kappa shape index (κ1) is 18.4. The van der Waals surface area contributed by atoms with Crippen molar-refractivity contribution in [2.75, 3.05) is 16.6 Å². The number of benzene rings is 1. The number of nitrogens with zero attached hydrogens (tertiary/aromatic N) is 2. The van der Waals surface area contributed by atoms with Gasteiger partial charge < -0.3 is 10.6 Å². The molecule has 128 valence electrons. The fraction of sp³-hybridized carbons (Fsp3) is 0.214. The molecule has 0 radical (unpaired) electrons. The second-order valence-corrected chi connectivity index (χ2v) is 7.23. The van der Waals surface area contributed by atoms with E-state index < -0.39 is 10.0 Å². The smallest absolute Gasteiger partial charge is 0.263 e. The van der Waals surface area contributed by atoms with Gasteiger partial charge in [0.1, 0.15) is 0 Å². The summed E-state index contributed by atoms with van der Waals surface area (Å²) in [5.41, 5.74) is 0.689. The van der Waals surface area contributed by atoms with Crippen LogP contribution in [-0.4, -0.2) is 30.3 Å². The molecule has 3 N–H and O–H groups in total. The summed E-state index contributed by atoms with van der Waals surface area (Å²) in [6.07, 6.45) is 0.957. The highest BCUT2D eigenvalue weighted by Gasteiger charge is 2.15. The van der Waals surface area contributed by atoms with Crippen LogP contribution in [0.1, 0.15) is 13.3 Å². The Labute approximate surface area is 150 Å². The molecule has 7 nitrogen and oxygen atoms in total. The molecular formula is C14H16ClN5O2S2. The minimum absolute atomic E-state index is 0.0894. The number of sulfonamides is 1. The molecular weight excluding hydrogens is 370 g/mol. The zero-order chi connectivity index (χ0) is 17.6. The molecule has 0 atom stereocenters. The van der Waals surface area contributed by atoms with Crippen LogP contribution in [0.3, 0.4) is 0 Å². The maximum absolute atomic E-state index is 12.3. The number of halogens is 1. The summed E-state index contributed by atoms with van der Waals surface area (Å²) in [5.74, 6) is 0.0894. The van der Waals surface area contributed by atoms with Gasteiger partial charge in [0.15, 0.2) is 16.1 Å². The van der Waals surface area contributed by atoms with Crippen molar-refractivity contribution in [3.05, 3.63) is 41.6 Å². The summed E-state index contributed by atoms with van der Waals surface area (Å²) >= 11 is 10.7. The van der Waals surface area contributed by atoms with Crippen LogP contribution in [0.5, 0.6) is 0 Å². The summed E-state index contributed by atoms with van der Waals surface area (Å²) in [6, 6.07) is 9.07. The number of hydrogen-bond acceptors (Lipinski definition) is 5. The third kappa shape index (κ3) is 5.29. The molecule has 0 aliphatic carbocycles. The Morgan fingerprint density at radius 1 is 1.17 bits per heavy atom. The number of thiocarbonyl (C=S) groups is 1. The normalized spacial score (nSPS) is 10.9. The van der Waals surface area contributed by atoms with E-state index >= 15 is 0 Å². The van der Waals surface area contributed by atoms with Gasteiger partial charge in [-0.1, -0.05) is 18.5 Å². The van der Waals surface area contributed by atoms with Gasteiger partial charge in [-0.25, -0.2) is 8.42 Å². The van der Waals surface area contributed by atoms with Gasteiger partial charge in [-0.3, -0.25) is 4.72 Å². The average molecular weight is 386 g/mol. The Bertz CT molecular complexity index is 795. The van der Waals surface area contributed by atoms with Crippen molar-refractivity contribution in [1.82, 2.24) is 15.5 Å². The van der Waals surface area contributed by atoms with E-state index in [4.69, 9.17) is 23.8 Å². The zero-order valence-corrected chi connectivity index (χ0v) is 15.2. The minimum atomic E-state index is -3.76. The summed E-state index contributed by atoms with van der Waals surface area (Å²) in [5, 5.41) is 13.9. The van der Waals surface area contributed by atoms with Gasteiger partial charge in [0.25, 0.3) is 10.0 Å². The van der Waals surface area contributed by atoms with Crippen molar-refractivity contribution in [1.29, 1.82) is 0 Å². The van der Waals surface area contributed by atoms with E-state index in [1.54, 1.807) is 12.1 Å². The minimum Gasteiger partial charge on any atom is -0.362 e. The van der Waals surface area contributed by atoms with Crippen LogP contribution in [0, 0.1) is 0 Å². The van der Waals surface area contributed by atoms with Crippen LogP contribution in [0.2, 0.25) is 5.15 Å². The van der Waals surface area contributed by atoms with E-state index in [1.807, 2.05) is 6.92 Å². The van der Waals surface area contributed by atoms with Crippen molar-refractivity contribution < 1.29 is 8.42 Å². The number of rotatable bonds is 6. The van der Waals surface area contributed by atoms with Gasteiger partial charge in [-0.2, -0.15) is 0 Å². The SMILES string of the molecule is CCCNC(=S)Nc1ccc(S(=O)(=O)Nc2ccc(Cl)nn2)cc1. The fourth-order valence-corrected chi connectivity index (χ4v) is 3.02. The predicted molar refractivity (Wildman–Crippen MR) is 98.8 cm³/mol. The monoisotopic (exact) mass is 385 g/mol. The quantitative estimate of drug-likeness (QED) is 0.657. The van der Waals surface area contributed by atoms with Crippen LogP contribution in [0.4, 0.5) is 11.5 Å². The highest BCUT2D eigenvalue weighted by Crippen LogP contribution is 2.17. The van der Waals surface area contributed by atoms with Gasteiger partial charge in [-0.05, 0) is 55.0 Å². The number of aromatic nitrogens is 2. The molecule has 0 unspecified atom stereocenters. The van der Waals surface area contributed by atoms with Gasteiger partial charge >= 0.3 is 0 Å². The highest BCUT2D eigenvalue weighted by atomic mass is 35.5. The second-order valence-electron chi connectivity index (χ2n) is 4.75. The molecule has 2 rings (SSSR count). The summed E-state index contributed by atoms with van der Waals surface area (Å²) in [4.78, 5) is 0.0947. The van der Waals surface area contributed by atoms with Crippen molar-refractivity contribution in [2.45, 2.75) is 18.2 Å². The van der Waals surface area contributed by atoms with Crippen LogP contribution in [-0.2, 0) is 10.0 Å². The first-order chi connectivity index (χ1) is 11.4. The average Bonchev–Trinajstić information content (AvgIpc) is 2.55. The lowest BCUT2D eigenvalue weighted by molar-refractivity contribution is 0.601. The zero-order valence-electron chi connectivity index (χ0n) is 12.8. The topological polar surface area (TPSA) is 96.0 Å². The van der Waals surface area contributed by atoms with Crippen LogP contribution in [0.15, 0.2) is 41.3 Å². The van der Waals surface area contributed by atoms with E-state index in [1.165, 1.54) is 24.3 Å². The molecule has 0 aliphatic rings. The molecule has 10 heteroatoms. The number of anilines is 2. The van der Waals surface area contributed by atoms with Crippen LogP contribution < -0.4 is 15.4 Å². The second kappa shape index (κ2) is 8.22. The number of nitrogens with one attached hydrogen (secondary N) is 3. The molecule has 0 saturated heterocycles. The molecule has 1 aromatic carbocycles. The molecule has 0 amide bonds. The van der Waals surface area contributed by atoms with Crippen molar-refractivity contribution >= 4 is 50.5 Å². The Kier molecular flexibility index (Phi) is 6.29. The molecule has 0 spiro atoms. The van der Waals surface area contributed by atoms with E-state index in [-0.39, 0.29) is 15.9 Å². The van der Waals surface area contributed by atoms with E-state index in [9.17, 15) is 8.42 Å². The maximum Gasteiger partial charge on any atom is 0.263 e. The molecule has 0 fully saturated rings. The fourth-order valence-electron chi connectivity index (χ4n) is 1.70. The molecule has 0 aliphatic heterocycles. The van der Waals surface area contributed by atoms with Crippen molar-refractivity contribution in [3.8, 4) is 0 Å². The Morgan fingerprint density at radius 3 is 2.46 bits per heavy atom. The summed E-state index contributed by atoms with van der Waals surface area (Å²) in [6.45, 7) is 2.80. The number of hydrogen-bond donors (Lipinski definition) is 3. The Balaban J connectivity index is 2.05. The largest absolute Gasteiger partial charge is 0.362 e. The van der Waals surface area contributed by atoms with Crippen molar-refractivity contribution in [2.24, 2.45) is 0 Å². The third-order valence-electron chi connectivity index (χ3n) is 2.83. The predicted octanol–water partition coefficient (Wildman–Crippen LogP) is 2.63. The third-order valence-corrected chi connectivity index (χ3v) is 4.65. The van der Waals surface area contributed by atoms with E-state index in [0.717, 1.165) is 13.0 Å². The molecule has 1 aromatic heterocycles. The first-order valence-corrected chi connectivity index (χ1v) is 9.34.